The first-order valence-electron chi connectivity index (χ1n) is 2.19. The largest absolute Gasteiger partial charge is 2.00 e. The molecule has 0 bridgehead atoms. The van der Waals surface area contributed by atoms with E-state index in [4.69, 9.17) is 19.2 Å². The van der Waals surface area contributed by atoms with Crippen LogP contribution < -0.4 is 63.8 Å². The quantitative estimate of drug-likeness (QED) is 0.313. The number of rotatable bonds is 2. The van der Waals surface area contributed by atoms with Crippen LogP contribution in [0, 0.1) is 0 Å². The molecule has 99 valence electrons. The summed E-state index contributed by atoms with van der Waals surface area (Å²) in [6, 6.07) is 0. The average molecular weight is 399 g/mol. The van der Waals surface area contributed by atoms with Crippen molar-refractivity contribution in [3.05, 3.63) is 0 Å². The average Bonchev–Trinajstić information content (AvgIpc) is 1.42. The Morgan fingerprint density at radius 3 is 0.824 bits per heavy atom. The molecule has 0 fully saturated rings. The predicted octanol–water partition coefficient (Wildman–Crippen LogP) is -9.17. The molecular weight excluding hydrogens is 399 g/mol. The van der Waals surface area contributed by atoms with Gasteiger partial charge in [0.05, 0.1) is 15.6 Å². The molecule has 17 heavy (non-hydrogen) atoms. The van der Waals surface area contributed by atoms with E-state index < -0.39 is 23.5 Å². The topological polar surface area (TPSA) is 222 Å². The molecule has 0 spiro atoms. The Bertz CT molecular complexity index is 270. The van der Waals surface area contributed by atoms with Crippen LogP contribution in [0.4, 0.5) is 0 Å². The van der Waals surface area contributed by atoms with Gasteiger partial charge in [0.25, 0.3) is 0 Å². The van der Waals surface area contributed by atoms with Gasteiger partial charge in [-0.2, -0.15) is 7.82 Å². The Labute approximate surface area is 140 Å². The summed E-state index contributed by atoms with van der Waals surface area (Å²) in [5.41, 5.74) is 0. The molecule has 0 unspecified atom stereocenters. The fourth-order valence-electron chi connectivity index (χ4n) is 0.122. The molecule has 0 N–H and O–H groups in total. The summed E-state index contributed by atoms with van der Waals surface area (Å²) in [7, 11) is -16.7. The summed E-state index contributed by atoms with van der Waals surface area (Å²) in [5.74, 6) is 0. The van der Waals surface area contributed by atoms with Crippen molar-refractivity contribution >= 4 is 23.5 Å². The van der Waals surface area contributed by atoms with Crippen LogP contribution in [0.15, 0.2) is 0 Å². The monoisotopic (exact) mass is 399 g/mol. The third-order valence-electron chi connectivity index (χ3n) is 0.200. The van der Waals surface area contributed by atoms with E-state index in [1.165, 1.54) is 0 Å². The van der Waals surface area contributed by atoms with E-state index in [0.717, 1.165) is 0 Å². The van der Waals surface area contributed by atoms with Gasteiger partial charge in [-0.3, -0.25) is 0 Å². The summed E-state index contributed by atoms with van der Waals surface area (Å²) in [6.07, 6.45) is 0. The van der Waals surface area contributed by atoms with E-state index in [1.54, 1.807) is 0 Å². The van der Waals surface area contributed by atoms with Gasteiger partial charge in [-0.15, -0.1) is 0 Å². The van der Waals surface area contributed by atoms with E-state index >= 15 is 0 Å². The van der Waals surface area contributed by atoms with Gasteiger partial charge in [-0.1, -0.05) is 0 Å². The van der Waals surface area contributed by atoms with Crippen molar-refractivity contribution in [2.75, 3.05) is 0 Å². The fourth-order valence-corrected chi connectivity index (χ4v) is 1.10. The molecule has 0 aromatic carbocycles. The maximum Gasteiger partial charge on any atom is 2.00 e. The Morgan fingerprint density at radius 1 is 0.706 bits per heavy atom. The van der Waals surface area contributed by atoms with Crippen molar-refractivity contribution in [1.29, 1.82) is 0 Å². The molecule has 0 atom stereocenters. The van der Waals surface area contributed by atoms with Crippen molar-refractivity contribution in [3.63, 3.8) is 0 Å². The minimum atomic E-state index is -5.68. The maximum absolute atomic E-state index is 9.32. The minimum absolute atomic E-state index is 0. The van der Waals surface area contributed by atoms with Crippen LogP contribution in [0.2, 0.25) is 0 Å². The Balaban J connectivity index is -0.0000000533. The molecule has 17 heteroatoms. The Morgan fingerprint density at radius 2 is 0.824 bits per heavy atom. The number of hydrogen-bond donors (Lipinski definition) is 0. The van der Waals surface area contributed by atoms with Crippen LogP contribution in [0.1, 0.15) is 0 Å². The summed E-state index contributed by atoms with van der Waals surface area (Å²) in [5, 5.41) is 0. The van der Waals surface area contributed by atoms with E-state index in [2.05, 4.69) is 4.31 Å². The van der Waals surface area contributed by atoms with Gasteiger partial charge in [0.2, 0.25) is 0 Å². The van der Waals surface area contributed by atoms with Crippen molar-refractivity contribution in [1.82, 2.24) is 0 Å². The first-order valence-corrected chi connectivity index (χ1v) is 6.57. The van der Waals surface area contributed by atoms with Crippen molar-refractivity contribution in [2.24, 2.45) is 0 Å². The third-order valence-corrected chi connectivity index (χ3v) is 1.80. The molecule has 0 aromatic rings. The van der Waals surface area contributed by atoms with Gasteiger partial charge >= 0.3 is 46.6 Å². The first-order chi connectivity index (χ1) is 5.71. The molecule has 0 aliphatic heterocycles. The van der Waals surface area contributed by atoms with Gasteiger partial charge in [-0.05, 0) is 0 Å². The molecule has 0 aliphatic carbocycles. The van der Waals surface area contributed by atoms with Crippen LogP contribution in [-0.4, -0.2) is 0 Å². The fraction of sp³-hybridized carbons (Fsp3) is 0. The molecule has 0 amide bonds. The van der Waals surface area contributed by atoms with Crippen LogP contribution in [0.25, 0.3) is 0 Å². The summed E-state index contributed by atoms with van der Waals surface area (Å²) >= 11 is 0. The molecule has 1 radical (unpaired) electrons. The van der Waals surface area contributed by atoms with Crippen molar-refractivity contribution in [2.45, 2.75) is 0 Å². The van der Waals surface area contributed by atoms with Gasteiger partial charge in [0.15, 0.2) is 0 Å². The number of phosphoric acid groups is 3. The molecule has 0 aliphatic rings. The van der Waals surface area contributed by atoms with Crippen molar-refractivity contribution in [3.8, 4) is 0 Å². The second-order valence-corrected chi connectivity index (χ2v) is 4.76. The Kier molecular flexibility index (Phi) is 22.8. The van der Waals surface area contributed by atoms with E-state index in [9.17, 15) is 28.7 Å². The zero-order chi connectivity index (χ0) is 12.2. The normalized spacial score (nSPS) is 10.8. The van der Waals surface area contributed by atoms with Gasteiger partial charge < -0.3 is 52.3 Å². The molecule has 0 saturated heterocycles. The predicted molar refractivity (Wildman–Crippen MR) is 23.9 cm³/mol. The van der Waals surface area contributed by atoms with Crippen molar-refractivity contribution < 1.29 is 117 Å². The van der Waals surface area contributed by atoms with E-state index in [0.29, 0.717) is 0 Å². The standard InChI is InChI=1S/Fe.Na.H4O7P2.H3O4P.V/c;;1-8(2,3)7-9(4,5)6;1-5(2,3)4;/h;;(H2,1,2,3)(H2,4,5,6);(H3,1,2,3,4);/q+2;+1;;;/p-7. The Hall–Kier alpha value is 2.47. The zero-order valence-electron chi connectivity index (χ0n) is 7.63. The summed E-state index contributed by atoms with van der Waals surface area (Å²) in [4.78, 5) is 62.9. The molecule has 0 heterocycles. The SMILES string of the molecule is O=P([O-])([O-])OP(=O)([O-])[O-].O=P([O-])([O-])[O-].[Fe+2].[Na+].[V]. The smallest absolute Gasteiger partial charge is 0.822 e. The number of hydrogen-bond acceptors (Lipinski definition) is 11. The first kappa shape index (κ1) is 31.7. The second kappa shape index (κ2) is 12.2. The van der Waals surface area contributed by atoms with Crippen LogP contribution >= 0.6 is 23.5 Å². The van der Waals surface area contributed by atoms with Gasteiger partial charge in [-0.25, -0.2) is 0 Å². The molecular formula is FeNaO11P3V-4. The van der Waals surface area contributed by atoms with Crippen LogP contribution in [0.5, 0.6) is 0 Å². The molecule has 0 rings (SSSR count). The summed E-state index contributed by atoms with van der Waals surface area (Å²) < 4.78 is 29.7. The molecule has 0 aromatic heterocycles. The van der Waals surface area contributed by atoms with Gasteiger partial charge in [0.1, 0.15) is 0 Å². The minimum Gasteiger partial charge on any atom is -0.822 e. The third kappa shape index (κ3) is 69.8. The summed E-state index contributed by atoms with van der Waals surface area (Å²) in [6.45, 7) is 0. The molecule has 11 nitrogen and oxygen atoms in total. The van der Waals surface area contributed by atoms with Crippen LogP contribution in [0.3, 0.4) is 0 Å². The zero-order valence-corrected chi connectivity index (χ0v) is 14.8. The molecule has 0 saturated carbocycles. The van der Waals surface area contributed by atoms with E-state index in [1.807, 2.05) is 0 Å². The van der Waals surface area contributed by atoms with Gasteiger partial charge in [0, 0.05) is 18.6 Å². The van der Waals surface area contributed by atoms with Crippen LogP contribution in [-0.2, 0) is 53.6 Å². The maximum atomic E-state index is 9.32. The van der Waals surface area contributed by atoms with E-state index in [-0.39, 0.29) is 65.2 Å². The second-order valence-electron chi connectivity index (χ2n) is 1.42.